The number of piperidine rings is 3. The number of benzene rings is 1. The summed E-state index contributed by atoms with van der Waals surface area (Å²) in [7, 11) is 0. The summed E-state index contributed by atoms with van der Waals surface area (Å²) in [5.41, 5.74) is 1.25. The molecular formula is C17H22N2OS. The average Bonchev–Trinajstić information content (AvgIpc) is 2.50. The van der Waals surface area contributed by atoms with Crippen molar-refractivity contribution in [3.63, 3.8) is 0 Å². The Hall–Kier alpha value is -1.26. The molecule has 3 nitrogen and oxygen atoms in total. The SMILES string of the molecule is Cc1ccc(SC=CC(=O)N[C@H]2CN3CCC2CC3)cc1. The van der Waals surface area contributed by atoms with Crippen molar-refractivity contribution in [3.05, 3.63) is 41.3 Å². The number of fused-ring (bicyclic) bond motifs is 3. The quantitative estimate of drug-likeness (QED) is 0.686. The van der Waals surface area contributed by atoms with Crippen molar-refractivity contribution in [3.8, 4) is 0 Å². The second-order valence-electron chi connectivity index (χ2n) is 5.99. The van der Waals surface area contributed by atoms with Gasteiger partial charge in [0.25, 0.3) is 0 Å². The lowest BCUT2D eigenvalue weighted by Crippen LogP contribution is -2.57. The first-order valence-electron chi connectivity index (χ1n) is 7.63. The number of nitrogens with one attached hydrogen (secondary N) is 1. The first-order chi connectivity index (χ1) is 10.2. The zero-order chi connectivity index (χ0) is 14.7. The Kier molecular flexibility index (Phi) is 4.66. The molecule has 1 aromatic rings. The van der Waals surface area contributed by atoms with Crippen molar-refractivity contribution in [1.29, 1.82) is 0 Å². The summed E-state index contributed by atoms with van der Waals surface area (Å²) >= 11 is 1.58. The van der Waals surface area contributed by atoms with Gasteiger partial charge in [0, 0.05) is 23.6 Å². The Balaban J connectivity index is 1.47. The normalized spacial score (nSPS) is 28.0. The van der Waals surface area contributed by atoms with Gasteiger partial charge >= 0.3 is 0 Å². The van der Waals surface area contributed by atoms with Gasteiger partial charge in [-0.3, -0.25) is 4.79 Å². The number of rotatable bonds is 4. The van der Waals surface area contributed by atoms with E-state index < -0.39 is 0 Å². The number of aryl methyl sites for hydroxylation is 1. The predicted molar refractivity (Wildman–Crippen MR) is 87.3 cm³/mol. The summed E-state index contributed by atoms with van der Waals surface area (Å²) in [6.45, 7) is 5.51. The van der Waals surface area contributed by atoms with Crippen molar-refractivity contribution in [2.24, 2.45) is 5.92 Å². The zero-order valence-corrected chi connectivity index (χ0v) is 13.2. The molecule has 4 heteroatoms. The molecule has 3 aliphatic rings. The Morgan fingerprint density at radius 3 is 2.62 bits per heavy atom. The van der Waals surface area contributed by atoms with Crippen LogP contribution in [0.5, 0.6) is 0 Å². The third kappa shape index (κ3) is 3.89. The van der Waals surface area contributed by atoms with Crippen LogP contribution in [0.2, 0.25) is 0 Å². The maximum Gasteiger partial charge on any atom is 0.244 e. The van der Waals surface area contributed by atoms with Crippen LogP contribution in [0.1, 0.15) is 18.4 Å². The van der Waals surface area contributed by atoms with Gasteiger partial charge in [-0.1, -0.05) is 29.5 Å². The molecule has 21 heavy (non-hydrogen) atoms. The van der Waals surface area contributed by atoms with Gasteiger partial charge in [-0.2, -0.15) is 0 Å². The predicted octanol–water partition coefficient (Wildman–Crippen LogP) is 2.81. The maximum absolute atomic E-state index is 12.0. The molecule has 0 unspecified atom stereocenters. The van der Waals surface area contributed by atoms with E-state index >= 15 is 0 Å². The van der Waals surface area contributed by atoms with Crippen LogP contribution in [0.4, 0.5) is 0 Å². The Morgan fingerprint density at radius 1 is 1.29 bits per heavy atom. The van der Waals surface area contributed by atoms with E-state index in [2.05, 4.69) is 41.4 Å². The molecule has 0 saturated carbocycles. The lowest BCUT2D eigenvalue weighted by Gasteiger charge is -2.44. The van der Waals surface area contributed by atoms with E-state index in [0.717, 1.165) is 11.4 Å². The minimum Gasteiger partial charge on any atom is -0.348 e. The van der Waals surface area contributed by atoms with Gasteiger partial charge in [-0.05, 0) is 56.3 Å². The van der Waals surface area contributed by atoms with Gasteiger partial charge in [-0.15, -0.1) is 0 Å². The number of hydrogen-bond acceptors (Lipinski definition) is 3. The maximum atomic E-state index is 12.0. The second-order valence-corrected chi connectivity index (χ2v) is 6.97. The lowest BCUT2D eigenvalue weighted by atomic mass is 9.84. The first-order valence-corrected chi connectivity index (χ1v) is 8.51. The molecule has 112 valence electrons. The van der Waals surface area contributed by atoms with Crippen molar-refractivity contribution < 1.29 is 4.79 Å². The fourth-order valence-electron chi connectivity index (χ4n) is 3.15. The molecule has 0 aliphatic carbocycles. The van der Waals surface area contributed by atoms with Crippen LogP contribution in [-0.4, -0.2) is 36.5 Å². The summed E-state index contributed by atoms with van der Waals surface area (Å²) in [5.74, 6) is 0.713. The molecule has 0 spiro atoms. The van der Waals surface area contributed by atoms with Crippen LogP contribution >= 0.6 is 11.8 Å². The summed E-state index contributed by atoms with van der Waals surface area (Å²) < 4.78 is 0. The van der Waals surface area contributed by atoms with Gasteiger partial charge < -0.3 is 10.2 Å². The highest BCUT2D eigenvalue weighted by atomic mass is 32.2. The van der Waals surface area contributed by atoms with Crippen molar-refractivity contribution in [2.75, 3.05) is 19.6 Å². The molecule has 2 bridgehead atoms. The van der Waals surface area contributed by atoms with Crippen molar-refractivity contribution in [1.82, 2.24) is 10.2 Å². The van der Waals surface area contributed by atoms with Crippen LogP contribution in [0.15, 0.2) is 40.6 Å². The van der Waals surface area contributed by atoms with E-state index in [0.29, 0.717) is 12.0 Å². The summed E-state index contributed by atoms with van der Waals surface area (Å²) in [5, 5.41) is 5.04. The summed E-state index contributed by atoms with van der Waals surface area (Å²) in [6.07, 6.45) is 4.11. The molecular weight excluding hydrogens is 280 g/mol. The molecule has 1 atom stereocenters. The number of hydrogen-bond donors (Lipinski definition) is 1. The van der Waals surface area contributed by atoms with Gasteiger partial charge in [0.1, 0.15) is 0 Å². The highest BCUT2D eigenvalue weighted by molar-refractivity contribution is 8.02. The zero-order valence-electron chi connectivity index (χ0n) is 12.4. The van der Waals surface area contributed by atoms with E-state index in [9.17, 15) is 4.79 Å². The molecule has 3 fully saturated rings. The minimum absolute atomic E-state index is 0.0355. The fraction of sp³-hybridized carbons (Fsp3) is 0.471. The number of carbonyl (C=O) groups is 1. The third-order valence-electron chi connectivity index (χ3n) is 4.43. The van der Waals surface area contributed by atoms with E-state index in [4.69, 9.17) is 0 Å². The molecule has 3 saturated heterocycles. The van der Waals surface area contributed by atoms with Crippen LogP contribution in [0, 0.1) is 12.8 Å². The smallest absolute Gasteiger partial charge is 0.244 e. The van der Waals surface area contributed by atoms with E-state index in [-0.39, 0.29) is 5.91 Å². The molecule has 1 amide bonds. The third-order valence-corrected chi connectivity index (χ3v) is 5.24. The number of nitrogens with zero attached hydrogens (tertiary/aromatic N) is 1. The van der Waals surface area contributed by atoms with Crippen LogP contribution in [-0.2, 0) is 4.79 Å². The van der Waals surface area contributed by atoms with Gasteiger partial charge in [-0.25, -0.2) is 0 Å². The number of thioether (sulfide) groups is 1. The topological polar surface area (TPSA) is 32.3 Å². The van der Waals surface area contributed by atoms with Crippen LogP contribution in [0.3, 0.4) is 0 Å². The molecule has 3 heterocycles. The van der Waals surface area contributed by atoms with E-state index in [1.54, 1.807) is 17.8 Å². The molecule has 4 rings (SSSR count). The van der Waals surface area contributed by atoms with Gasteiger partial charge in [0.05, 0.1) is 0 Å². The van der Waals surface area contributed by atoms with Gasteiger partial charge in [0.15, 0.2) is 0 Å². The first kappa shape index (κ1) is 14.7. The highest BCUT2D eigenvalue weighted by Gasteiger charge is 2.34. The Bertz CT molecular complexity index is 518. The number of amides is 1. The molecule has 0 aromatic heterocycles. The Morgan fingerprint density at radius 2 is 2.00 bits per heavy atom. The van der Waals surface area contributed by atoms with Crippen LogP contribution < -0.4 is 5.32 Å². The lowest BCUT2D eigenvalue weighted by molar-refractivity contribution is -0.118. The largest absolute Gasteiger partial charge is 0.348 e. The Labute approximate surface area is 130 Å². The average molecular weight is 302 g/mol. The fourth-order valence-corrected chi connectivity index (χ4v) is 3.79. The van der Waals surface area contributed by atoms with E-state index in [1.807, 2.05) is 5.41 Å². The standard InChI is InChI=1S/C17H22N2OS/c1-13-2-4-15(5-3-13)21-11-8-17(20)18-16-12-19-9-6-14(16)7-10-19/h2-5,8,11,14,16H,6-7,9-10,12H2,1H3,(H,18,20)/t16-/m0/s1. The molecule has 0 radical (unpaired) electrons. The van der Waals surface area contributed by atoms with E-state index in [1.165, 1.54) is 31.5 Å². The second kappa shape index (κ2) is 6.67. The summed E-state index contributed by atoms with van der Waals surface area (Å²) in [4.78, 5) is 15.6. The number of carbonyl (C=O) groups excluding carboxylic acids is 1. The minimum atomic E-state index is 0.0355. The molecule has 1 aromatic carbocycles. The highest BCUT2D eigenvalue weighted by Crippen LogP contribution is 2.27. The molecule has 1 N–H and O–H groups in total. The summed E-state index contributed by atoms with van der Waals surface area (Å²) in [6, 6.07) is 8.67. The van der Waals surface area contributed by atoms with Crippen LogP contribution in [0.25, 0.3) is 0 Å². The molecule has 3 aliphatic heterocycles. The van der Waals surface area contributed by atoms with Gasteiger partial charge in [0.2, 0.25) is 5.91 Å². The van der Waals surface area contributed by atoms with Crippen molar-refractivity contribution >= 4 is 17.7 Å². The van der Waals surface area contributed by atoms with Crippen molar-refractivity contribution in [2.45, 2.75) is 30.7 Å². The monoisotopic (exact) mass is 302 g/mol.